The van der Waals surface area contributed by atoms with Crippen molar-refractivity contribution in [3.63, 3.8) is 0 Å². The monoisotopic (exact) mass is 216 g/mol. The molecule has 0 aliphatic carbocycles. The first kappa shape index (κ1) is 10.7. The molecule has 3 N–H and O–H groups in total. The molecule has 0 radical (unpaired) electrons. The number of hydrogen-bond acceptors (Lipinski definition) is 3. The van der Waals surface area contributed by atoms with Gasteiger partial charge in [-0.1, -0.05) is 17.7 Å². The van der Waals surface area contributed by atoms with E-state index in [9.17, 15) is 0 Å². The zero-order valence-electron chi connectivity index (χ0n) is 7.29. The number of hydrogen-bond donors (Lipinski definition) is 2. The fourth-order valence-electron chi connectivity index (χ4n) is 1.04. The zero-order chi connectivity index (χ0) is 9.68. The first-order valence-electron chi connectivity index (χ1n) is 4.06. The Morgan fingerprint density at radius 3 is 3.00 bits per heavy atom. The number of halogens is 1. The molecule has 0 saturated heterocycles. The molecule has 0 fully saturated rings. The molecule has 1 aromatic rings. The van der Waals surface area contributed by atoms with Crippen molar-refractivity contribution in [1.82, 2.24) is 5.32 Å². The molecule has 1 rings (SSSR count). The first-order valence-corrected chi connectivity index (χ1v) is 5.32. The average molecular weight is 217 g/mol. The highest BCUT2D eigenvalue weighted by molar-refractivity contribution is 7.10. The maximum atomic E-state index is 5.82. The third kappa shape index (κ3) is 3.12. The van der Waals surface area contributed by atoms with Gasteiger partial charge in [0, 0.05) is 23.3 Å². The van der Waals surface area contributed by atoms with Crippen molar-refractivity contribution in [2.24, 2.45) is 5.73 Å². The quantitative estimate of drug-likeness (QED) is 0.741. The molecule has 0 amide bonds. The van der Waals surface area contributed by atoms with Gasteiger partial charge in [-0.25, -0.2) is 0 Å². The summed E-state index contributed by atoms with van der Waals surface area (Å²) < 4.78 is 0. The van der Waals surface area contributed by atoms with Crippen LogP contribution in [0.2, 0.25) is 5.02 Å². The minimum atomic E-state index is 0.190. The summed E-state index contributed by atoms with van der Waals surface area (Å²) >= 11 is 7.44. The van der Waals surface area contributed by atoms with Crippen LogP contribution in [0.5, 0.6) is 0 Å². The molecule has 2 nitrogen and oxygen atoms in total. The fraction of sp³-hybridized carbons (Fsp3) is 0.333. The van der Waals surface area contributed by atoms with Gasteiger partial charge in [0.2, 0.25) is 0 Å². The van der Waals surface area contributed by atoms with Crippen molar-refractivity contribution >= 4 is 22.9 Å². The molecule has 0 bridgehead atoms. The van der Waals surface area contributed by atoms with Crippen molar-refractivity contribution in [1.29, 1.82) is 0 Å². The predicted molar refractivity (Wildman–Crippen MR) is 59.3 cm³/mol. The summed E-state index contributed by atoms with van der Waals surface area (Å²) in [7, 11) is 0. The Bertz CT molecular complexity index is 272. The summed E-state index contributed by atoms with van der Waals surface area (Å²) in [5.74, 6) is 0. The van der Waals surface area contributed by atoms with Gasteiger partial charge < -0.3 is 11.1 Å². The van der Waals surface area contributed by atoms with E-state index in [1.54, 1.807) is 11.3 Å². The minimum absolute atomic E-state index is 0.190. The Hall–Kier alpha value is -0.350. The van der Waals surface area contributed by atoms with E-state index in [0.717, 1.165) is 11.6 Å². The number of rotatable bonds is 5. The fourth-order valence-corrected chi connectivity index (χ4v) is 2.21. The molecular weight excluding hydrogens is 204 g/mol. The van der Waals surface area contributed by atoms with E-state index < -0.39 is 0 Å². The normalized spacial score (nSPS) is 12.8. The molecule has 0 saturated carbocycles. The Morgan fingerprint density at radius 1 is 1.77 bits per heavy atom. The van der Waals surface area contributed by atoms with Crippen molar-refractivity contribution in [3.8, 4) is 0 Å². The van der Waals surface area contributed by atoms with Gasteiger partial charge in [-0.05, 0) is 6.07 Å². The SMILES string of the molecule is C=CCNC(CN)c1cc(Cl)cs1. The van der Waals surface area contributed by atoms with Crippen LogP contribution in [0.15, 0.2) is 24.1 Å². The molecule has 72 valence electrons. The van der Waals surface area contributed by atoms with E-state index in [4.69, 9.17) is 17.3 Å². The Kier molecular flexibility index (Phi) is 4.45. The second-order valence-electron chi connectivity index (χ2n) is 2.65. The third-order valence-electron chi connectivity index (χ3n) is 1.68. The van der Waals surface area contributed by atoms with Crippen LogP contribution in [0.4, 0.5) is 0 Å². The summed E-state index contributed by atoms with van der Waals surface area (Å²) in [5.41, 5.74) is 5.62. The predicted octanol–water partition coefficient (Wildman–Crippen LogP) is 2.18. The average Bonchev–Trinajstić information content (AvgIpc) is 2.54. The van der Waals surface area contributed by atoms with Crippen LogP contribution in [-0.2, 0) is 0 Å². The molecule has 0 spiro atoms. The number of thiophene rings is 1. The second-order valence-corrected chi connectivity index (χ2v) is 4.03. The molecular formula is C9H13ClN2S. The summed E-state index contributed by atoms with van der Waals surface area (Å²) in [6, 6.07) is 2.13. The Morgan fingerprint density at radius 2 is 2.54 bits per heavy atom. The largest absolute Gasteiger partial charge is 0.329 e. The van der Waals surface area contributed by atoms with Crippen LogP contribution >= 0.6 is 22.9 Å². The summed E-state index contributed by atoms with van der Waals surface area (Å²) in [6.45, 7) is 4.98. The molecule has 1 atom stereocenters. The highest BCUT2D eigenvalue weighted by atomic mass is 35.5. The van der Waals surface area contributed by atoms with Gasteiger partial charge >= 0.3 is 0 Å². The van der Waals surface area contributed by atoms with E-state index in [1.165, 1.54) is 4.88 Å². The molecule has 1 unspecified atom stereocenters. The van der Waals surface area contributed by atoms with Gasteiger partial charge in [-0.15, -0.1) is 17.9 Å². The summed E-state index contributed by atoms with van der Waals surface area (Å²) in [4.78, 5) is 1.18. The number of nitrogens with one attached hydrogen (secondary N) is 1. The van der Waals surface area contributed by atoms with Crippen molar-refractivity contribution in [3.05, 3.63) is 34.0 Å². The third-order valence-corrected chi connectivity index (χ3v) is 3.07. The van der Waals surface area contributed by atoms with E-state index in [-0.39, 0.29) is 6.04 Å². The minimum Gasteiger partial charge on any atom is -0.329 e. The highest BCUT2D eigenvalue weighted by Gasteiger charge is 2.09. The van der Waals surface area contributed by atoms with Crippen molar-refractivity contribution in [2.45, 2.75) is 6.04 Å². The lowest BCUT2D eigenvalue weighted by Gasteiger charge is -2.13. The van der Waals surface area contributed by atoms with Gasteiger partial charge in [-0.2, -0.15) is 0 Å². The lowest BCUT2D eigenvalue weighted by Crippen LogP contribution is -2.27. The smallest absolute Gasteiger partial charge is 0.0542 e. The van der Waals surface area contributed by atoms with Crippen LogP contribution in [0.25, 0.3) is 0 Å². The molecule has 4 heteroatoms. The van der Waals surface area contributed by atoms with Gasteiger partial charge in [0.15, 0.2) is 0 Å². The molecule has 13 heavy (non-hydrogen) atoms. The van der Waals surface area contributed by atoms with Crippen molar-refractivity contribution < 1.29 is 0 Å². The van der Waals surface area contributed by atoms with Crippen LogP contribution in [0.3, 0.4) is 0 Å². The molecule has 0 aromatic carbocycles. The molecule has 1 aromatic heterocycles. The Balaban J connectivity index is 2.60. The Labute approximate surface area is 87.4 Å². The first-order chi connectivity index (χ1) is 6.27. The standard InChI is InChI=1S/C9H13ClN2S/c1-2-3-12-8(5-11)9-4-7(10)6-13-9/h2,4,6,8,12H,1,3,5,11H2. The van der Waals surface area contributed by atoms with E-state index in [0.29, 0.717) is 6.54 Å². The molecule has 0 aliphatic heterocycles. The molecule has 1 heterocycles. The highest BCUT2D eigenvalue weighted by Crippen LogP contribution is 2.24. The van der Waals surface area contributed by atoms with Gasteiger partial charge in [0.1, 0.15) is 0 Å². The maximum absolute atomic E-state index is 5.82. The topological polar surface area (TPSA) is 38.0 Å². The zero-order valence-corrected chi connectivity index (χ0v) is 8.87. The number of nitrogens with two attached hydrogens (primary N) is 1. The summed E-state index contributed by atoms with van der Waals surface area (Å²) in [6.07, 6.45) is 1.82. The van der Waals surface area contributed by atoms with Crippen LogP contribution in [0, 0.1) is 0 Å². The van der Waals surface area contributed by atoms with Gasteiger partial charge in [-0.3, -0.25) is 0 Å². The van der Waals surface area contributed by atoms with E-state index in [2.05, 4.69) is 11.9 Å². The lowest BCUT2D eigenvalue weighted by atomic mass is 10.2. The van der Waals surface area contributed by atoms with Gasteiger partial charge in [0.25, 0.3) is 0 Å². The molecule has 0 aliphatic rings. The van der Waals surface area contributed by atoms with Crippen LogP contribution in [0.1, 0.15) is 10.9 Å². The van der Waals surface area contributed by atoms with Crippen LogP contribution in [-0.4, -0.2) is 13.1 Å². The van der Waals surface area contributed by atoms with Gasteiger partial charge in [0.05, 0.1) is 11.1 Å². The maximum Gasteiger partial charge on any atom is 0.0542 e. The van der Waals surface area contributed by atoms with Crippen molar-refractivity contribution in [2.75, 3.05) is 13.1 Å². The van der Waals surface area contributed by atoms with E-state index >= 15 is 0 Å². The lowest BCUT2D eigenvalue weighted by molar-refractivity contribution is 0.587. The summed E-state index contributed by atoms with van der Waals surface area (Å²) in [5, 5.41) is 5.95. The second kappa shape index (κ2) is 5.40. The van der Waals surface area contributed by atoms with E-state index in [1.807, 2.05) is 17.5 Å². The van der Waals surface area contributed by atoms with Crippen LogP contribution < -0.4 is 11.1 Å².